The molecule has 0 spiro atoms. The molecule has 0 saturated carbocycles. The zero-order valence-corrected chi connectivity index (χ0v) is 12.6. The largest absolute Gasteiger partial charge is 0.353 e. The number of fused-ring (bicyclic) bond motifs is 1. The van der Waals surface area contributed by atoms with Gasteiger partial charge in [0.15, 0.2) is 5.82 Å². The van der Waals surface area contributed by atoms with Gasteiger partial charge in [-0.05, 0) is 24.5 Å². The molecule has 0 radical (unpaired) electrons. The standard InChI is InChI=1S/C12H17N11/c1-2-7-5-8(3-4-10-15-19-20-16-10)23-6-9(14-12(23)13-7)11-17-21-22-18-11/h6-8H,2-5H2,1H3,(H,13,14)(H,15,16,19,20)(H,17,18,21,22). The van der Waals surface area contributed by atoms with Crippen LogP contribution >= 0.6 is 0 Å². The van der Waals surface area contributed by atoms with Crippen molar-refractivity contribution in [2.75, 3.05) is 5.32 Å². The quantitative estimate of drug-likeness (QED) is 0.612. The van der Waals surface area contributed by atoms with Gasteiger partial charge < -0.3 is 9.88 Å². The number of nitrogens with zero attached hydrogens (tertiary/aromatic N) is 8. The Balaban J connectivity index is 1.59. The molecule has 4 heterocycles. The smallest absolute Gasteiger partial charge is 0.224 e. The molecule has 3 aromatic heterocycles. The molecule has 1 aliphatic rings. The summed E-state index contributed by atoms with van der Waals surface area (Å²) in [6.45, 7) is 2.17. The van der Waals surface area contributed by atoms with Crippen LogP contribution < -0.4 is 5.32 Å². The normalized spacial score (nSPS) is 20.2. The molecule has 11 heteroatoms. The van der Waals surface area contributed by atoms with Crippen molar-refractivity contribution in [3.8, 4) is 11.5 Å². The van der Waals surface area contributed by atoms with Crippen LogP contribution in [0.5, 0.6) is 0 Å². The van der Waals surface area contributed by atoms with Crippen LogP contribution in [0.3, 0.4) is 0 Å². The predicted molar refractivity (Wildman–Crippen MR) is 79.3 cm³/mol. The molecule has 0 bridgehead atoms. The number of H-pyrrole nitrogens is 2. The molecular weight excluding hydrogens is 298 g/mol. The fourth-order valence-electron chi connectivity index (χ4n) is 2.95. The highest BCUT2D eigenvalue weighted by Crippen LogP contribution is 2.33. The minimum absolute atomic E-state index is 0.322. The van der Waals surface area contributed by atoms with Crippen molar-refractivity contribution in [1.29, 1.82) is 0 Å². The summed E-state index contributed by atoms with van der Waals surface area (Å²) in [7, 11) is 0. The number of rotatable bonds is 5. The highest BCUT2D eigenvalue weighted by Gasteiger charge is 2.28. The number of nitrogens with one attached hydrogen (secondary N) is 3. The van der Waals surface area contributed by atoms with Gasteiger partial charge in [0, 0.05) is 24.7 Å². The Kier molecular flexibility index (Phi) is 3.44. The van der Waals surface area contributed by atoms with Gasteiger partial charge in [0.1, 0.15) is 5.69 Å². The van der Waals surface area contributed by atoms with Crippen molar-refractivity contribution >= 4 is 5.95 Å². The fourth-order valence-corrected chi connectivity index (χ4v) is 2.95. The molecule has 11 nitrogen and oxygen atoms in total. The average Bonchev–Trinajstić information content (AvgIpc) is 3.32. The lowest BCUT2D eigenvalue weighted by atomic mass is 9.98. The lowest BCUT2D eigenvalue weighted by Crippen LogP contribution is -2.31. The number of hydrogen-bond donors (Lipinski definition) is 3. The monoisotopic (exact) mass is 315 g/mol. The maximum absolute atomic E-state index is 4.60. The molecule has 0 amide bonds. The molecular formula is C12H17N11. The van der Waals surface area contributed by atoms with Crippen molar-refractivity contribution in [3.63, 3.8) is 0 Å². The van der Waals surface area contributed by atoms with Gasteiger partial charge >= 0.3 is 0 Å². The van der Waals surface area contributed by atoms with Gasteiger partial charge in [0.25, 0.3) is 0 Å². The predicted octanol–water partition coefficient (Wildman–Crippen LogP) is 0.344. The Morgan fingerprint density at radius 2 is 2.09 bits per heavy atom. The van der Waals surface area contributed by atoms with Crippen LogP contribution in [-0.4, -0.2) is 56.8 Å². The molecule has 3 N–H and O–H groups in total. The minimum Gasteiger partial charge on any atom is -0.353 e. The molecule has 0 aliphatic carbocycles. The van der Waals surface area contributed by atoms with Gasteiger partial charge in [-0.1, -0.05) is 12.1 Å². The Bertz CT molecular complexity index is 744. The van der Waals surface area contributed by atoms with E-state index in [4.69, 9.17) is 0 Å². The molecule has 1 aliphatic heterocycles. The molecule has 0 saturated heterocycles. The van der Waals surface area contributed by atoms with Gasteiger partial charge in [-0.25, -0.2) is 4.98 Å². The van der Waals surface area contributed by atoms with E-state index in [1.54, 1.807) is 0 Å². The third-order valence-electron chi connectivity index (χ3n) is 4.17. The highest BCUT2D eigenvalue weighted by atomic mass is 15.5. The zero-order chi connectivity index (χ0) is 15.6. The summed E-state index contributed by atoms with van der Waals surface area (Å²) in [6.07, 6.45) is 5.74. The van der Waals surface area contributed by atoms with Crippen molar-refractivity contribution < 1.29 is 0 Å². The Labute approximate surface area is 131 Å². The second-order valence-electron chi connectivity index (χ2n) is 5.60. The summed E-state index contributed by atoms with van der Waals surface area (Å²) in [5.41, 5.74) is 0.711. The van der Waals surface area contributed by atoms with Gasteiger partial charge in [-0.3, -0.25) is 0 Å². The maximum atomic E-state index is 4.60. The third kappa shape index (κ3) is 2.64. The number of hydrogen-bond acceptors (Lipinski definition) is 8. The maximum Gasteiger partial charge on any atom is 0.224 e. The van der Waals surface area contributed by atoms with E-state index in [-0.39, 0.29) is 0 Å². The van der Waals surface area contributed by atoms with E-state index in [9.17, 15) is 0 Å². The molecule has 3 aromatic rings. The molecule has 2 atom stereocenters. The average molecular weight is 315 g/mol. The van der Waals surface area contributed by atoms with Gasteiger partial charge in [0.2, 0.25) is 11.8 Å². The van der Waals surface area contributed by atoms with Crippen LogP contribution in [0.2, 0.25) is 0 Å². The van der Waals surface area contributed by atoms with Crippen LogP contribution in [0.4, 0.5) is 5.95 Å². The first-order valence-corrected chi connectivity index (χ1v) is 7.65. The number of tetrazole rings is 2. The van der Waals surface area contributed by atoms with Crippen LogP contribution in [0.15, 0.2) is 6.20 Å². The number of aryl methyl sites for hydroxylation is 1. The summed E-state index contributed by atoms with van der Waals surface area (Å²) in [5.74, 6) is 2.08. The van der Waals surface area contributed by atoms with Crippen LogP contribution in [0.1, 0.15) is 38.1 Å². The summed E-state index contributed by atoms with van der Waals surface area (Å²) in [5, 5.41) is 31.6. The minimum atomic E-state index is 0.322. The van der Waals surface area contributed by atoms with E-state index in [0.717, 1.165) is 37.5 Å². The third-order valence-corrected chi connectivity index (χ3v) is 4.17. The Morgan fingerprint density at radius 1 is 1.22 bits per heavy atom. The number of aromatic nitrogens is 10. The van der Waals surface area contributed by atoms with Crippen molar-refractivity contribution in [2.24, 2.45) is 0 Å². The Morgan fingerprint density at radius 3 is 2.83 bits per heavy atom. The van der Waals surface area contributed by atoms with Crippen molar-refractivity contribution in [1.82, 2.24) is 50.8 Å². The molecule has 4 rings (SSSR count). The summed E-state index contributed by atoms with van der Waals surface area (Å²) in [4.78, 5) is 4.60. The van der Waals surface area contributed by atoms with Crippen molar-refractivity contribution in [2.45, 2.75) is 44.7 Å². The molecule has 2 unspecified atom stereocenters. The molecule has 0 fully saturated rings. The first-order chi connectivity index (χ1) is 11.3. The fraction of sp³-hybridized carbons (Fsp3) is 0.583. The first-order valence-electron chi connectivity index (χ1n) is 7.65. The summed E-state index contributed by atoms with van der Waals surface area (Å²) in [6, 6.07) is 0.723. The second-order valence-corrected chi connectivity index (χ2v) is 5.60. The summed E-state index contributed by atoms with van der Waals surface area (Å²) >= 11 is 0. The first kappa shape index (κ1) is 13.8. The van der Waals surface area contributed by atoms with Crippen LogP contribution in [-0.2, 0) is 6.42 Å². The lowest BCUT2D eigenvalue weighted by molar-refractivity contribution is 0.377. The van der Waals surface area contributed by atoms with Crippen molar-refractivity contribution in [3.05, 3.63) is 12.0 Å². The number of imidazole rings is 1. The number of aromatic amines is 2. The van der Waals surface area contributed by atoms with E-state index >= 15 is 0 Å². The molecule has 0 aromatic carbocycles. The summed E-state index contributed by atoms with van der Waals surface area (Å²) < 4.78 is 2.15. The lowest BCUT2D eigenvalue weighted by Gasteiger charge is -2.31. The zero-order valence-electron chi connectivity index (χ0n) is 12.6. The molecule has 23 heavy (non-hydrogen) atoms. The SMILES string of the molecule is CCC1CC(CCc2nn[nH]n2)n2cc(-c3nn[nH]n3)nc2N1. The van der Waals surface area contributed by atoms with E-state index in [1.807, 2.05) is 6.20 Å². The van der Waals surface area contributed by atoms with Crippen LogP contribution in [0.25, 0.3) is 11.5 Å². The topological polar surface area (TPSA) is 139 Å². The van der Waals surface area contributed by atoms with Gasteiger partial charge in [0.05, 0.1) is 0 Å². The van der Waals surface area contributed by atoms with Gasteiger partial charge in [-0.15, -0.1) is 20.4 Å². The van der Waals surface area contributed by atoms with E-state index in [1.165, 1.54) is 0 Å². The van der Waals surface area contributed by atoms with E-state index in [0.29, 0.717) is 23.6 Å². The van der Waals surface area contributed by atoms with E-state index < -0.39 is 0 Å². The molecule has 120 valence electrons. The number of anilines is 1. The highest BCUT2D eigenvalue weighted by molar-refractivity contribution is 5.52. The second kappa shape index (κ2) is 5.74. The van der Waals surface area contributed by atoms with Gasteiger partial charge in [-0.2, -0.15) is 10.4 Å². The van der Waals surface area contributed by atoms with Crippen LogP contribution in [0, 0.1) is 0 Å². The van der Waals surface area contributed by atoms with E-state index in [2.05, 4.69) is 63.0 Å². The Hall–Kier alpha value is -2.85.